The van der Waals surface area contributed by atoms with Gasteiger partial charge >= 0.3 is 5.97 Å². The van der Waals surface area contributed by atoms with Crippen LogP contribution in [0.1, 0.15) is 19.3 Å². The summed E-state index contributed by atoms with van der Waals surface area (Å²) in [6.07, 6.45) is 3.93. The Balaban J connectivity index is 1.73. The average molecular weight is 489 g/mol. The summed E-state index contributed by atoms with van der Waals surface area (Å²) < 4.78 is 11.6. The van der Waals surface area contributed by atoms with E-state index in [1.54, 1.807) is 35.2 Å². The summed E-state index contributed by atoms with van der Waals surface area (Å²) in [5.74, 6) is -2.74. The molecular weight excluding hydrogens is 460 g/mol. The molecule has 8 nitrogen and oxygen atoms in total. The minimum Gasteiger partial charge on any atom is -0.461 e. The lowest BCUT2D eigenvalue weighted by Gasteiger charge is -2.36. The molecule has 2 unspecified atom stereocenters. The van der Waals surface area contributed by atoms with Gasteiger partial charge in [-0.3, -0.25) is 14.4 Å². The third-order valence-corrected chi connectivity index (χ3v) is 7.17. The zero-order valence-electron chi connectivity index (χ0n) is 18.9. The van der Waals surface area contributed by atoms with Crippen LogP contribution in [0.5, 0.6) is 0 Å². The van der Waals surface area contributed by atoms with Crippen molar-refractivity contribution in [2.75, 3.05) is 31.2 Å². The van der Waals surface area contributed by atoms with Gasteiger partial charge in [0.2, 0.25) is 5.91 Å². The summed E-state index contributed by atoms with van der Waals surface area (Å²) >= 11 is 6.03. The number of ether oxygens (including phenoxy) is 2. The highest BCUT2D eigenvalue weighted by Gasteiger charge is 2.75. The number of nitrogens with zero attached hydrogens (tertiary/aromatic N) is 2. The van der Waals surface area contributed by atoms with Crippen LogP contribution in [-0.4, -0.2) is 71.8 Å². The number of halogens is 1. The van der Waals surface area contributed by atoms with E-state index in [0.29, 0.717) is 30.0 Å². The maximum atomic E-state index is 14.1. The summed E-state index contributed by atoms with van der Waals surface area (Å²) in [7, 11) is 0. The Hall–Kier alpha value is -2.68. The van der Waals surface area contributed by atoms with Gasteiger partial charge < -0.3 is 24.4 Å². The summed E-state index contributed by atoms with van der Waals surface area (Å²) in [6.45, 7) is 7.64. The van der Waals surface area contributed by atoms with E-state index in [0.717, 1.165) is 0 Å². The Labute approximate surface area is 203 Å². The second-order valence-electron chi connectivity index (χ2n) is 8.80. The van der Waals surface area contributed by atoms with Crippen LogP contribution in [0.15, 0.2) is 49.6 Å². The maximum absolute atomic E-state index is 14.1. The minimum absolute atomic E-state index is 0.0379. The number of carbonyl (C=O) groups excluding carboxylic acids is 3. The first-order valence-electron chi connectivity index (χ1n) is 11.4. The van der Waals surface area contributed by atoms with Crippen LogP contribution in [0.4, 0.5) is 5.69 Å². The Morgan fingerprint density at radius 3 is 2.68 bits per heavy atom. The lowest BCUT2D eigenvalue weighted by molar-refractivity contribution is -0.154. The average Bonchev–Trinajstić information content (AvgIpc) is 3.47. The minimum atomic E-state index is -1.13. The lowest BCUT2D eigenvalue weighted by atomic mass is 9.70. The van der Waals surface area contributed by atoms with Gasteiger partial charge in [-0.25, -0.2) is 0 Å². The molecule has 2 bridgehead atoms. The molecule has 0 aromatic heterocycles. The van der Waals surface area contributed by atoms with Gasteiger partial charge in [0.15, 0.2) is 0 Å². The second kappa shape index (κ2) is 9.90. The molecule has 3 heterocycles. The van der Waals surface area contributed by atoms with Crippen molar-refractivity contribution in [2.24, 2.45) is 11.8 Å². The van der Waals surface area contributed by atoms with Crippen LogP contribution >= 0.6 is 11.6 Å². The molecular formula is C25H29ClN2O6. The van der Waals surface area contributed by atoms with Crippen molar-refractivity contribution in [1.82, 2.24) is 4.90 Å². The van der Waals surface area contributed by atoms with Crippen LogP contribution in [-0.2, 0) is 23.9 Å². The standard InChI is InChI=1S/C25H29ClN2O6/c1-3-12-27(17-8-6-16(26)7-9-17)23(31)21-25-11-10-18(34-25)19(24(32)33-15-4-2)20(25)22(30)28(21)13-5-14-29/h3-4,6-9,18-21,29H,1-2,5,10-15H2/t18-,19+,20-,21?,25?/m0/s1. The molecule has 3 saturated heterocycles. The summed E-state index contributed by atoms with van der Waals surface area (Å²) in [5, 5.41) is 9.97. The Kier molecular flexibility index (Phi) is 7.12. The van der Waals surface area contributed by atoms with Gasteiger partial charge in [-0.2, -0.15) is 0 Å². The van der Waals surface area contributed by atoms with E-state index in [9.17, 15) is 19.5 Å². The highest BCUT2D eigenvalue weighted by Crippen LogP contribution is 2.58. The van der Waals surface area contributed by atoms with Crippen LogP contribution in [0.2, 0.25) is 5.02 Å². The molecule has 182 valence electrons. The largest absolute Gasteiger partial charge is 0.461 e. The molecule has 0 saturated carbocycles. The number of aliphatic hydroxyl groups is 1. The second-order valence-corrected chi connectivity index (χ2v) is 9.23. The number of amides is 2. The summed E-state index contributed by atoms with van der Waals surface area (Å²) in [5.41, 5.74) is -0.518. The first-order chi connectivity index (χ1) is 16.4. The van der Waals surface area contributed by atoms with Crippen LogP contribution in [0.25, 0.3) is 0 Å². The van der Waals surface area contributed by atoms with Gasteiger partial charge in [-0.1, -0.05) is 30.3 Å². The summed E-state index contributed by atoms with van der Waals surface area (Å²) in [6, 6.07) is 5.91. The highest BCUT2D eigenvalue weighted by atomic mass is 35.5. The van der Waals surface area contributed by atoms with Crippen molar-refractivity contribution in [3.05, 3.63) is 54.6 Å². The predicted octanol–water partition coefficient (Wildman–Crippen LogP) is 2.35. The number of fused-ring (bicyclic) bond motifs is 1. The number of hydrogen-bond acceptors (Lipinski definition) is 6. The van der Waals surface area contributed by atoms with E-state index in [2.05, 4.69) is 13.2 Å². The Bertz CT molecular complexity index is 982. The van der Waals surface area contributed by atoms with Crippen molar-refractivity contribution in [3.8, 4) is 0 Å². The van der Waals surface area contributed by atoms with E-state index in [4.69, 9.17) is 21.1 Å². The molecule has 2 amide bonds. The number of likely N-dealkylation sites (tertiary alicyclic amines) is 1. The topological polar surface area (TPSA) is 96.4 Å². The Morgan fingerprint density at radius 1 is 1.29 bits per heavy atom. The van der Waals surface area contributed by atoms with Gasteiger partial charge in [0.1, 0.15) is 18.2 Å². The van der Waals surface area contributed by atoms with Gasteiger partial charge in [0.05, 0.1) is 17.9 Å². The smallest absolute Gasteiger partial charge is 0.312 e. The number of rotatable bonds is 10. The zero-order valence-corrected chi connectivity index (χ0v) is 19.7. The quantitative estimate of drug-likeness (QED) is 0.401. The molecule has 0 radical (unpaired) electrons. The molecule has 1 aromatic carbocycles. The molecule has 0 aliphatic carbocycles. The first kappa shape index (κ1) is 24.4. The van der Waals surface area contributed by atoms with Gasteiger partial charge in [-0.15, -0.1) is 6.58 Å². The first-order valence-corrected chi connectivity index (χ1v) is 11.8. The third-order valence-electron chi connectivity index (χ3n) is 6.92. The zero-order chi connectivity index (χ0) is 24.5. The summed E-state index contributed by atoms with van der Waals surface area (Å²) in [4.78, 5) is 43.7. The highest BCUT2D eigenvalue weighted by molar-refractivity contribution is 6.30. The molecule has 1 spiro atoms. The number of anilines is 1. The number of carbonyl (C=O) groups is 3. The van der Waals surface area contributed by atoms with Gasteiger partial charge in [0, 0.05) is 30.4 Å². The van der Waals surface area contributed by atoms with E-state index in [1.807, 2.05) is 0 Å². The van der Waals surface area contributed by atoms with E-state index in [-0.39, 0.29) is 38.1 Å². The maximum Gasteiger partial charge on any atom is 0.312 e. The van der Waals surface area contributed by atoms with Crippen molar-refractivity contribution >= 4 is 35.1 Å². The number of esters is 1. The molecule has 9 heteroatoms. The van der Waals surface area contributed by atoms with E-state index >= 15 is 0 Å². The Morgan fingerprint density at radius 2 is 2.03 bits per heavy atom. The molecule has 5 atom stereocenters. The molecule has 4 rings (SSSR count). The molecule has 34 heavy (non-hydrogen) atoms. The fraction of sp³-hybridized carbons (Fsp3) is 0.480. The molecule has 3 fully saturated rings. The van der Waals surface area contributed by atoms with Crippen LogP contribution < -0.4 is 4.90 Å². The molecule has 3 aliphatic rings. The normalized spacial score (nSPS) is 29.1. The fourth-order valence-corrected chi connectivity index (χ4v) is 5.77. The van der Waals surface area contributed by atoms with Crippen molar-refractivity contribution < 1.29 is 29.0 Å². The SMILES string of the molecule is C=CCOC(=O)[C@@H]1[C@@H]2CCC3(O2)C(C(=O)N(CC=C)c2ccc(Cl)cc2)N(CCCO)C(=O)[C@H]13. The monoisotopic (exact) mass is 488 g/mol. The van der Waals surface area contributed by atoms with Crippen molar-refractivity contribution in [3.63, 3.8) is 0 Å². The molecule has 3 aliphatic heterocycles. The number of aliphatic hydroxyl groups excluding tert-OH is 1. The fourth-order valence-electron chi connectivity index (χ4n) is 5.64. The van der Waals surface area contributed by atoms with Gasteiger partial charge in [-0.05, 0) is 43.5 Å². The predicted molar refractivity (Wildman–Crippen MR) is 126 cm³/mol. The van der Waals surface area contributed by atoms with E-state index < -0.39 is 35.6 Å². The van der Waals surface area contributed by atoms with Crippen LogP contribution in [0, 0.1) is 11.8 Å². The van der Waals surface area contributed by atoms with E-state index in [1.165, 1.54) is 11.0 Å². The lowest BCUT2D eigenvalue weighted by Crippen LogP contribution is -2.56. The van der Waals surface area contributed by atoms with Crippen molar-refractivity contribution in [2.45, 2.75) is 37.0 Å². The third kappa shape index (κ3) is 3.93. The number of hydrogen-bond donors (Lipinski definition) is 1. The van der Waals surface area contributed by atoms with Crippen molar-refractivity contribution in [1.29, 1.82) is 0 Å². The van der Waals surface area contributed by atoms with Gasteiger partial charge in [0.25, 0.3) is 5.91 Å². The number of benzene rings is 1. The molecule has 1 aromatic rings. The van der Waals surface area contributed by atoms with Crippen LogP contribution in [0.3, 0.4) is 0 Å². The molecule has 1 N–H and O–H groups in total.